The summed E-state index contributed by atoms with van der Waals surface area (Å²) in [5.41, 5.74) is 7.64. The number of benzene rings is 2. The summed E-state index contributed by atoms with van der Waals surface area (Å²) < 4.78 is 6.41. The molecule has 0 aliphatic carbocycles. The maximum atomic E-state index is 12.2. The van der Waals surface area contributed by atoms with Gasteiger partial charge in [-0.05, 0) is 83.0 Å². The molecule has 0 aromatic heterocycles. The van der Waals surface area contributed by atoms with Crippen LogP contribution in [0.2, 0.25) is 0 Å². The van der Waals surface area contributed by atoms with Crippen molar-refractivity contribution in [2.75, 3.05) is 6.61 Å². The zero-order chi connectivity index (χ0) is 20.7. The molecule has 8 heteroatoms. The van der Waals surface area contributed by atoms with Crippen molar-refractivity contribution in [3.63, 3.8) is 0 Å². The third kappa shape index (κ3) is 6.75. The van der Waals surface area contributed by atoms with Crippen LogP contribution in [0.4, 0.5) is 0 Å². The third-order valence-electron chi connectivity index (χ3n) is 3.89. The lowest BCUT2D eigenvalue weighted by atomic mass is 10.0. The Hall–Kier alpha value is -2.20. The van der Waals surface area contributed by atoms with Crippen molar-refractivity contribution in [2.24, 2.45) is 0 Å². The van der Waals surface area contributed by atoms with Gasteiger partial charge in [-0.15, -0.1) is 0 Å². The molecule has 0 aliphatic rings. The molecular weight excluding hydrogens is 489 g/mol. The lowest BCUT2D eigenvalue weighted by molar-refractivity contribution is -0.123. The highest BCUT2D eigenvalue weighted by Crippen LogP contribution is 2.18. The number of hydrogen-bond donors (Lipinski definition) is 3. The highest BCUT2D eigenvalue weighted by molar-refractivity contribution is 14.1. The monoisotopic (exact) mass is 511 g/mol. The predicted molar refractivity (Wildman–Crippen MR) is 121 cm³/mol. The number of rotatable bonds is 5. The van der Waals surface area contributed by atoms with Gasteiger partial charge in [0.1, 0.15) is 5.75 Å². The lowest BCUT2D eigenvalue weighted by Crippen LogP contribution is -2.49. The highest BCUT2D eigenvalue weighted by atomic mass is 127. The molecule has 0 spiro atoms. The summed E-state index contributed by atoms with van der Waals surface area (Å²) in [6.07, 6.45) is 0. The summed E-state index contributed by atoms with van der Waals surface area (Å²) >= 11 is 7.18. The first kappa shape index (κ1) is 22.1. The van der Waals surface area contributed by atoms with Crippen molar-refractivity contribution in [3.8, 4) is 5.75 Å². The molecule has 0 aliphatic heterocycles. The molecule has 148 valence electrons. The number of thiocarbonyl (C=S) groups is 1. The van der Waals surface area contributed by atoms with E-state index in [1.54, 1.807) is 12.1 Å². The first-order valence-electron chi connectivity index (χ1n) is 8.65. The average molecular weight is 511 g/mol. The molecule has 2 amide bonds. The molecule has 6 nitrogen and oxygen atoms in total. The van der Waals surface area contributed by atoms with Crippen LogP contribution in [0.15, 0.2) is 42.5 Å². The summed E-state index contributed by atoms with van der Waals surface area (Å²) in [4.78, 5) is 24.0. The smallest absolute Gasteiger partial charge is 0.276 e. The normalized spacial score (nSPS) is 10.3. The van der Waals surface area contributed by atoms with Crippen LogP contribution < -0.4 is 20.9 Å². The van der Waals surface area contributed by atoms with Crippen LogP contribution in [0, 0.1) is 10.5 Å². The van der Waals surface area contributed by atoms with Gasteiger partial charge in [0.2, 0.25) is 0 Å². The number of nitrogens with one attached hydrogen (secondary N) is 3. The third-order valence-corrected chi connectivity index (χ3v) is 5.26. The van der Waals surface area contributed by atoms with Crippen molar-refractivity contribution < 1.29 is 14.3 Å². The minimum absolute atomic E-state index is 0.00443. The molecule has 3 N–H and O–H groups in total. The first-order chi connectivity index (χ1) is 13.3. The van der Waals surface area contributed by atoms with Crippen molar-refractivity contribution in [3.05, 3.63) is 62.7 Å². The van der Waals surface area contributed by atoms with Gasteiger partial charge >= 0.3 is 0 Å². The molecule has 0 saturated heterocycles. The highest BCUT2D eigenvalue weighted by Gasteiger charge is 2.10. The van der Waals surface area contributed by atoms with Crippen LogP contribution in [0.1, 0.15) is 41.3 Å². The van der Waals surface area contributed by atoms with Gasteiger partial charge in [0.25, 0.3) is 11.8 Å². The summed E-state index contributed by atoms with van der Waals surface area (Å²) in [6.45, 7) is 6.00. The van der Waals surface area contributed by atoms with E-state index < -0.39 is 5.91 Å². The van der Waals surface area contributed by atoms with Gasteiger partial charge in [0.15, 0.2) is 11.7 Å². The van der Waals surface area contributed by atoms with E-state index in [4.69, 9.17) is 17.0 Å². The fraction of sp³-hybridized carbons (Fsp3) is 0.250. The standard InChI is InChI=1S/C20H22IN3O3S/c1-12(2)14-6-8-16(9-7-14)27-11-18(25)23-24-20(28)22-19(26)15-5-4-13(3)17(21)10-15/h4-10,12H,11H2,1-3H3,(H,23,25)(H2,22,24,26,28). The van der Waals surface area contributed by atoms with Crippen molar-refractivity contribution in [1.29, 1.82) is 0 Å². The molecule has 0 unspecified atom stereocenters. The molecule has 2 aromatic carbocycles. The van der Waals surface area contributed by atoms with Crippen LogP contribution in [0.25, 0.3) is 0 Å². The number of carbonyl (C=O) groups excluding carboxylic acids is 2. The number of amides is 2. The van der Waals surface area contributed by atoms with Crippen LogP contribution in [0.3, 0.4) is 0 Å². The van der Waals surface area contributed by atoms with Crippen molar-refractivity contribution in [1.82, 2.24) is 16.2 Å². The first-order valence-corrected chi connectivity index (χ1v) is 10.1. The fourth-order valence-corrected chi connectivity index (χ4v) is 2.86. The number of hydrogen-bond acceptors (Lipinski definition) is 4. The minimum Gasteiger partial charge on any atom is -0.484 e. The molecule has 0 fully saturated rings. The van der Waals surface area contributed by atoms with Crippen molar-refractivity contribution in [2.45, 2.75) is 26.7 Å². The molecule has 0 saturated carbocycles. The number of hydrazine groups is 1. The largest absolute Gasteiger partial charge is 0.484 e. The Balaban J connectivity index is 1.74. The van der Waals surface area contributed by atoms with Gasteiger partial charge in [0, 0.05) is 9.13 Å². The molecule has 2 aromatic rings. The zero-order valence-electron chi connectivity index (χ0n) is 15.8. The van der Waals surface area contributed by atoms with E-state index in [0.29, 0.717) is 17.2 Å². The summed E-state index contributed by atoms with van der Waals surface area (Å²) in [5, 5.41) is 2.51. The Morgan fingerprint density at radius 1 is 1.11 bits per heavy atom. The SMILES string of the molecule is Cc1ccc(C(=O)NC(=S)NNC(=O)COc2ccc(C(C)C)cc2)cc1I. The number of halogens is 1. The molecule has 28 heavy (non-hydrogen) atoms. The van der Waals surface area contributed by atoms with Crippen LogP contribution in [-0.4, -0.2) is 23.5 Å². The molecule has 0 atom stereocenters. The Bertz CT molecular complexity index is 869. The number of ether oxygens (including phenoxy) is 1. The second kappa shape index (κ2) is 10.4. The van der Waals surface area contributed by atoms with Crippen LogP contribution in [0.5, 0.6) is 5.75 Å². The zero-order valence-corrected chi connectivity index (χ0v) is 18.8. The quantitative estimate of drug-likeness (QED) is 0.326. The van der Waals surface area contributed by atoms with Crippen LogP contribution in [-0.2, 0) is 4.79 Å². The Kier molecular flexibility index (Phi) is 8.18. The Morgan fingerprint density at radius 2 is 1.79 bits per heavy atom. The van der Waals surface area contributed by atoms with Gasteiger partial charge in [-0.25, -0.2) is 0 Å². The van der Waals surface area contributed by atoms with E-state index in [1.165, 1.54) is 5.56 Å². The van der Waals surface area contributed by atoms with E-state index in [1.807, 2.05) is 37.3 Å². The van der Waals surface area contributed by atoms with E-state index in [-0.39, 0.29) is 17.6 Å². The van der Waals surface area contributed by atoms with E-state index >= 15 is 0 Å². The van der Waals surface area contributed by atoms with Crippen LogP contribution >= 0.6 is 34.8 Å². The second-order valence-electron chi connectivity index (χ2n) is 6.43. The van der Waals surface area contributed by atoms with Gasteiger partial charge in [0.05, 0.1) is 0 Å². The van der Waals surface area contributed by atoms with Gasteiger partial charge in [-0.1, -0.05) is 32.0 Å². The summed E-state index contributed by atoms with van der Waals surface area (Å²) in [6, 6.07) is 12.9. The fourth-order valence-electron chi connectivity index (χ4n) is 2.20. The molecule has 0 radical (unpaired) electrons. The summed E-state index contributed by atoms with van der Waals surface area (Å²) in [5.74, 6) is 0.256. The topological polar surface area (TPSA) is 79.5 Å². The minimum atomic E-state index is -0.422. The number of carbonyl (C=O) groups is 2. The van der Waals surface area contributed by atoms with E-state index in [0.717, 1.165) is 9.13 Å². The van der Waals surface area contributed by atoms with Crippen molar-refractivity contribution >= 4 is 51.7 Å². The summed E-state index contributed by atoms with van der Waals surface area (Å²) in [7, 11) is 0. The van der Waals surface area contributed by atoms with E-state index in [9.17, 15) is 9.59 Å². The molecular formula is C20H22IN3O3S. The Labute approximate surface area is 183 Å². The van der Waals surface area contributed by atoms with Gasteiger partial charge < -0.3 is 4.74 Å². The number of aryl methyl sites for hydroxylation is 1. The second-order valence-corrected chi connectivity index (χ2v) is 8.00. The Morgan fingerprint density at radius 3 is 2.39 bits per heavy atom. The molecule has 0 bridgehead atoms. The van der Waals surface area contributed by atoms with Gasteiger partial charge in [-0.3, -0.25) is 25.8 Å². The molecule has 0 heterocycles. The molecule has 2 rings (SSSR count). The predicted octanol–water partition coefficient (Wildman–Crippen LogP) is 3.44. The average Bonchev–Trinajstić information content (AvgIpc) is 2.67. The maximum absolute atomic E-state index is 12.2. The van der Waals surface area contributed by atoms with E-state index in [2.05, 4.69) is 52.6 Å². The lowest BCUT2D eigenvalue weighted by Gasteiger charge is -2.12. The maximum Gasteiger partial charge on any atom is 0.276 e. The van der Waals surface area contributed by atoms with Gasteiger partial charge in [-0.2, -0.15) is 0 Å².